The Kier molecular flexibility index (Phi) is 6.21. The molecule has 2 aliphatic rings. The quantitative estimate of drug-likeness (QED) is 0.440. The van der Waals surface area contributed by atoms with Gasteiger partial charge in [0.2, 0.25) is 5.91 Å². The van der Waals surface area contributed by atoms with E-state index >= 15 is 0 Å². The van der Waals surface area contributed by atoms with Gasteiger partial charge in [-0.1, -0.05) is 31.2 Å². The third kappa shape index (κ3) is 4.22. The number of carbonyl (C=O) groups is 1. The minimum Gasteiger partial charge on any atom is -0.334 e. The van der Waals surface area contributed by atoms with E-state index < -0.39 is 0 Å². The molecule has 1 amide bonds. The van der Waals surface area contributed by atoms with Gasteiger partial charge in [0.05, 0.1) is 16.7 Å². The molecule has 4 heterocycles. The summed E-state index contributed by atoms with van der Waals surface area (Å²) in [5.41, 5.74) is 1.50. The summed E-state index contributed by atoms with van der Waals surface area (Å²) in [7, 11) is 2.01. The maximum atomic E-state index is 13.0. The summed E-state index contributed by atoms with van der Waals surface area (Å²) in [4.78, 5) is 19.0. The molecule has 1 aliphatic heterocycles. The molecule has 0 aromatic carbocycles. The van der Waals surface area contributed by atoms with Crippen LogP contribution in [-0.2, 0) is 24.7 Å². The topological polar surface area (TPSA) is 51.0 Å². The number of thioether (sulfide) groups is 1. The summed E-state index contributed by atoms with van der Waals surface area (Å²) in [6.45, 7) is 3.15. The minimum atomic E-state index is 0.197. The maximum Gasteiger partial charge on any atom is 0.233 e. The van der Waals surface area contributed by atoms with Crippen LogP contribution >= 0.6 is 34.4 Å². The van der Waals surface area contributed by atoms with E-state index in [-0.39, 0.29) is 11.9 Å². The fourth-order valence-corrected chi connectivity index (χ4v) is 7.66. The molecule has 0 spiro atoms. The Morgan fingerprint density at radius 2 is 2.23 bits per heavy atom. The molecule has 2 unspecified atom stereocenters. The Morgan fingerprint density at radius 1 is 1.32 bits per heavy atom. The molecule has 0 bridgehead atoms. The molecule has 31 heavy (non-hydrogen) atoms. The highest BCUT2D eigenvalue weighted by Gasteiger charge is 2.31. The molecule has 5 nitrogen and oxygen atoms in total. The number of hydrogen-bond acceptors (Lipinski definition) is 6. The average Bonchev–Trinajstić information content (AvgIpc) is 3.57. The van der Waals surface area contributed by atoms with Crippen LogP contribution in [0, 0.1) is 5.92 Å². The van der Waals surface area contributed by atoms with Crippen molar-refractivity contribution in [3.63, 3.8) is 0 Å². The van der Waals surface area contributed by atoms with Crippen molar-refractivity contribution < 1.29 is 4.79 Å². The lowest BCUT2D eigenvalue weighted by molar-refractivity contribution is -0.129. The van der Waals surface area contributed by atoms with Gasteiger partial charge in [-0.15, -0.1) is 32.9 Å². The molecule has 3 aromatic heterocycles. The fraction of sp³-hybridized carbons (Fsp3) is 0.522. The fourth-order valence-electron chi connectivity index (χ4n) is 4.76. The van der Waals surface area contributed by atoms with Crippen molar-refractivity contribution in [2.24, 2.45) is 13.0 Å². The van der Waals surface area contributed by atoms with Gasteiger partial charge < -0.3 is 9.47 Å². The molecular formula is C23H28N4OS3. The van der Waals surface area contributed by atoms with Crippen LogP contribution in [-0.4, -0.2) is 37.9 Å². The van der Waals surface area contributed by atoms with E-state index in [0.29, 0.717) is 5.75 Å². The van der Waals surface area contributed by atoms with E-state index in [1.165, 1.54) is 57.6 Å². The molecule has 5 rings (SSSR count). The summed E-state index contributed by atoms with van der Waals surface area (Å²) < 4.78 is 2.05. The van der Waals surface area contributed by atoms with Crippen LogP contribution in [0.4, 0.5) is 0 Å². The average molecular weight is 473 g/mol. The second-order valence-electron chi connectivity index (χ2n) is 8.49. The largest absolute Gasteiger partial charge is 0.334 e. The number of aryl methyl sites for hydroxylation is 1. The van der Waals surface area contributed by atoms with E-state index in [1.54, 1.807) is 11.3 Å². The van der Waals surface area contributed by atoms with Gasteiger partial charge in [0.1, 0.15) is 0 Å². The molecule has 1 aliphatic carbocycles. The van der Waals surface area contributed by atoms with Crippen molar-refractivity contribution in [3.05, 3.63) is 38.9 Å². The van der Waals surface area contributed by atoms with Crippen LogP contribution in [0.25, 0.3) is 10.7 Å². The Bertz CT molecular complexity index is 1060. The molecule has 0 saturated carbocycles. The Hall–Kier alpha value is -1.64. The van der Waals surface area contributed by atoms with E-state index in [9.17, 15) is 4.79 Å². The second-order valence-corrected chi connectivity index (χ2v) is 11.5. The molecule has 1 fully saturated rings. The van der Waals surface area contributed by atoms with Crippen molar-refractivity contribution in [2.45, 2.75) is 56.6 Å². The molecule has 8 heteroatoms. The Labute approximate surface area is 195 Å². The normalized spacial score (nSPS) is 20.9. The zero-order chi connectivity index (χ0) is 21.4. The van der Waals surface area contributed by atoms with Crippen LogP contribution in [0.15, 0.2) is 28.7 Å². The van der Waals surface area contributed by atoms with E-state index in [4.69, 9.17) is 0 Å². The highest BCUT2D eigenvalue weighted by molar-refractivity contribution is 7.99. The number of amides is 1. The van der Waals surface area contributed by atoms with Crippen LogP contribution in [0.5, 0.6) is 0 Å². The van der Waals surface area contributed by atoms with Crippen molar-refractivity contribution in [3.8, 4) is 10.7 Å². The number of hydrogen-bond donors (Lipinski definition) is 0. The van der Waals surface area contributed by atoms with Crippen molar-refractivity contribution in [2.75, 3.05) is 12.3 Å². The molecule has 3 aromatic rings. The first-order chi connectivity index (χ1) is 15.1. The van der Waals surface area contributed by atoms with Crippen LogP contribution in [0.1, 0.15) is 54.0 Å². The molecule has 0 radical (unpaired) electrons. The minimum absolute atomic E-state index is 0.197. The molecular weight excluding hydrogens is 444 g/mol. The summed E-state index contributed by atoms with van der Waals surface area (Å²) >= 11 is 5.11. The highest BCUT2D eigenvalue weighted by atomic mass is 32.2. The number of rotatable bonds is 6. The molecule has 164 valence electrons. The lowest BCUT2D eigenvalue weighted by Gasteiger charge is -2.23. The van der Waals surface area contributed by atoms with E-state index in [0.717, 1.165) is 36.3 Å². The Morgan fingerprint density at radius 3 is 3.03 bits per heavy atom. The number of likely N-dealkylation sites (tertiary alicyclic amines) is 1. The summed E-state index contributed by atoms with van der Waals surface area (Å²) in [6, 6.07) is 6.78. The number of aromatic nitrogens is 3. The standard InChI is InChI=1S/C23H28N4OS3/c1-3-15-8-9-18-16(12-15)13-20(31-18)22-24-25-23(26(22)2)30-14-21(28)27-10-4-6-17(27)19-7-5-11-29-19/h5,7,11,13,15,17H,3-4,6,8-10,12,14H2,1-2H3. The van der Waals surface area contributed by atoms with Gasteiger partial charge in [-0.3, -0.25) is 4.79 Å². The predicted octanol–water partition coefficient (Wildman–Crippen LogP) is 5.58. The second kappa shape index (κ2) is 9.08. The van der Waals surface area contributed by atoms with Gasteiger partial charge in [-0.2, -0.15) is 0 Å². The summed E-state index contributed by atoms with van der Waals surface area (Å²) in [5.74, 6) is 2.34. The SMILES string of the molecule is CCC1CCc2sc(-c3nnc(SCC(=O)N4CCCC4c4cccs4)n3C)cc2C1. The number of nitrogens with zero attached hydrogens (tertiary/aromatic N) is 4. The van der Waals surface area contributed by atoms with Crippen molar-refractivity contribution in [1.82, 2.24) is 19.7 Å². The molecule has 0 N–H and O–H groups in total. The number of carbonyl (C=O) groups excluding carboxylic acids is 1. The van der Waals surface area contributed by atoms with Gasteiger partial charge in [-0.25, -0.2) is 0 Å². The van der Waals surface area contributed by atoms with Crippen molar-refractivity contribution in [1.29, 1.82) is 0 Å². The number of fused-ring (bicyclic) bond motifs is 1. The third-order valence-corrected chi connectivity index (χ3v) is 9.80. The highest BCUT2D eigenvalue weighted by Crippen LogP contribution is 2.38. The zero-order valence-corrected chi connectivity index (χ0v) is 20.5. The van der Waals surface area contributed by atoms with Gasteiger partial charge in [0.15, 0.2) is 11.0 Å². The third-order valence-electron chi connectivity index (χ3n) is 6.59. The maximum absolute atomic E-state index is 13.0. The smallest absolute Gasteiger partial charge is 0.233 e. The van der Waals surface area contributed by atoms with E-state index in [2.05, 4.69) is 40.7 Å². The van der Waals surface area contributed by atoms with Gasteiger partial charge in [0, 0.05) is 23.3 Å². The molecule has 2 atom stereocenters. The van der Waals surface area contributed by atoms with Crippen molar-refractivity contribution >= 4 is 40.3 Å². The summed E-state index contributed by atoms with van der Waals surface area (Å²) in [6.07, 6.45) is 7.08. The lowest BCUT2D eigenvalue weighted by Crippen LogP contribution is -2.31. The Balaban J connectivity index is 1.26. The first-order valence-electron chi connectivity index (χ1n) is 11.1. The van der Waals surface area contributed by atoms with Gasteiger partial charge >= 0.3 is 0 Å². The van der Waals surface area contributed by atoms with E-state index in [1.807, 2.05) is 27.9 Å². The van der Waals surface area contributed by atoms with Crippen LogP contribution in [0.3, 0.4) is 0 Å². The van der Waals surface area contributed by atoms with Crippen LogP contribution in [0.2, 0.25) is 0 Å². The monoisotopic (exact) mass is 472 g/mol. The van der Waals surface area contributed by atoms with Gasteiger partial charge in [0.25, 0.3) is 0 Å². The zero-order valence-electron chi connectivity index (χ0n) is 18.0. The lowest BCUT2D eigenvalue weighted by atomic mass is 9.87. The van der Waals surface area contributed by atoms with Crippen LogP contribution < -0.4 is 0 Å². The first kappa shape index (κ1) is 21.2. The number of thiophene rings is 2. The van der Waals surface area contributed by atoms with Gasteiger partial charge in [-0.05, 0) is 61.1 Å². The first-order valence-corrected chi connectivity index (χ1v) is 13.8. The molecule has 1 saturated heterocycles. The summed E-state index contributed by atoms with van der Waals surface area (Å²) in [5, 5.41) is 11.8. The predicted molar refractivity (Wildman–Crippen MR) is 129 cm³/mol.